The molecule has 0 aromatic carbocycles. The second-order valence-electron chi connectivity index (χ2n) is 2.35. The summed E-state index contributed by atoms with van der Waals surface area (Å²) < 4.78 is 0. The van der Waals surface area contributed by atoms with Crippen LogP contribution in [0.5, 0.6) is 5.75 Å². The molecule has 0 bridgehead atoms. The van der Waals surface area contributed by atoms with Crippen LogP contribution >= 0.6 is 11.6 Å². The van der Waals surface area contributed by atoms with Gasteiger partial charge in [0.05, 0.1) is 5.69 Å². The zero-order chi connectivity index (χ0) is 9.68. The van der Waals surface area contributed by atoms with Gasteiger partial charge in [0.15, 0.2) is 10.9 Å². The Balaban J connectivity index is 2.79. The van der Waals surface area contributed by atoms with Crippen molar-refractivity contribution < 1.29 is 9.90 Å². The molecule has 0 atom stereocenters. The molecular weight excluding hydrogens is 190 g/mol. The maximum absolute atomic E-state index is 9.98. The van der Waals surface area contributed by atoms with Crippen LogP contribution in [0.15, 0.2) is 18.2 Å². The average Bonchev–Trinajstić information content (AvgIpc) is 2.12. The highest BCUT2D eigenvalue weighted by atomic mass is 35.5. The molecule has 1 heterocycles. The molecular formula is C9H8ClNO2. The minimum absolute atomic E-state index is 0.0470. The van der Waals surface area contributed by atoms with Gasteiger partial charge in [0.2, 0.25) is 0 Å². The van der Waals surface area contributed by atoms with Crippen molar-refractivity contribution in [3.8, 4) is 5.75 Å². The number of halogens is 1. The van der Waals surface area contributed by atoms with E-state index in [-0.39, 0.29) is 10.9 Å². The molecule has 1 N–H and O–H groups in total. The summed E-state index contributed by atoms with van der Waals surface area (Å²) in [6, 6.07) is 3.07. The van der Waals surface area contributed by atoms with Crippen molar-refractivity contribution in [3.63, 3.8) is 0 Å². The van der Waals surface area contributed by atoms with E-state index in [4.69, 9.17) is 16.7 Å². The minimum atomic E-state index is -0.0470. The smallest absolute Gasteiger partial charge is 0.171 e. The van der Waals surface area contributed by atoms with Crippen LogP contribution in [-0.4, -0.2) is 16.4 Å². The Morgan fingerprint density at radius 1 is 1.54 bits per heavy atom. The quantitative estimate of drug-likeness (QED) is 0.596. The lowest BCUT2D eigenvalue weighted by Gasteiger charge is -1.96. The van der Waals surface area contributed by atoms with Gasteiger partial charge >= 0.3 is 0 Å². The fourth-order valence-electron chi connectivity index (χ4n) is 0.778. The lowest BCUT2D eigenvalue weighted by Crippen LogP contribution is -1.81. The third-order valence-corrected chi connectivity index (χ3v) is 1.65. The molecule has 0 unspecified atom stereocenters. The van der Waals surface area contributed by atoms with E-state index in [1.54, 1.807) is 18.2 Å². The van der Waals surface area contributed by atoms with Crippen LogP contribution in [0.2, 0.25) is 5.15 Å². The van der Waals surface area contributed by atoms with E-state index in [1.165, 1.54) is 6.07 Å². The van der Waals surface area contributed by atoms with Crippen molar-refractivity contribution in [3.05, 3.63) is 29.1 Å². The molecule has 0 aliphatic carbocycles. The van der Waals surface area contributed by atoms with Gasteiger partial charge in [0, 0.05) is 6.42 Å². The first kappa shape index (κ1) is 9.74. The summed E-state index contributed by atoms with van der Waals surface area (Å²) in [5, 5.41) is 9.10. The fraction of sp³-hybridized carbons (Fsp3) is 0.111. The van der Waals surface area contributed by atoms with E-state index in [9.17, 15) is 4.79 Å². The van der Waals surface area contributed by atoms with Crippen LogP contribution in [0.3, 0.4) is 0 Å². The molecule has 0 saturated heterocycles. The van der Waals surface area contributed by atoms with Crippen molar-refractivity contribution in [1.29, 1.82) is 0 Å². The zero-order valence-corrected chi connectivity index (χ0v) is 7.53. The number of aromatic nitrogens is 1. The molecule has 0 radical (unpaired) electrons. The molecule has 0 fully saturated rings. The minimum Gasteiger partial charge on any atom is -0.505 e. The summed E-state index contributed by atoms with van der Waals surface area (Å²) in [6.45, 7) is 0. The zero-order valence-electron chi connectivity index (χ0n) is 6.77. The normalized spacial score (nSPS) is 10.5. The Hall–Kier alpha value is -1.35. The highest BCUT2D eigenvalue weighted by molar-refractivity contribution is 6.30. The molecule has 0 amide bonds. The third-order valence-electron chi connectivity index (χ3n) is 1.37. The van der Waals surface area contributed by atoms with Crippen LogP contribution < -0.4 is 0 Å². The van der Waals surface area contributed by atoms with E-state index in [0.717, 1.165) is 6.29 Å². The number of nitrogens with zero attached hydrogens (tertiary/aromatic N) is 1. The Morgan fingerprint density at radius 3 is 2.92 bits per heavy atom. The van der Waals surface area contributed by atoms with E-state index >= 15 is 0 Å². The molecule has 1 aromatic rings. The number of aromatic hydroxyl groups is 1. The summed E-state index contributed by atoms with van der Waals surface area (Å²) in [4.78, 5) is 13.8. The van der Waals surface area contributed by atoms with Crippen molar-refractivity contribution in [1.82, 2.24) is 4.98 Å². The van der Waals surface area contributed by atoms with Crippen molar-refractivity contribution in [2.24, 2.45) is 0 Å². The van der Waals surface area contributed by atoms with Crippen LogP contribution in [0.4, 0.5) is 0 Å². The lowest BCUT2D eigenvalue weighted by molar-refractivity contribution is -0.107. The Kier molecular flexibility index (Phi) is 3.46. The van der Waals surface area contributed by atoms with Crippen LogP contribution in [-0.2, 0) is 4.79 Å². The molecule has 68 valence electrons. The van der Waals surface area contributed by atoms with Crippen LogP contribution in [0, 0.1) is 0 Å². The van der Waals surface area contributed by atoms with Gasteiger partial charge in [-0.2, -0.15) is 0 Å². The Labute approximate surface area is 80.7 Å². The molecule has 4 heteroatoms. The number of pyridine rings is 1. The number of hydrogen-bond donors (Lipinski definition) is 1. The Bertz CT molecular complexity index is 336. The standard InChI is InChI=1S/C9H8ClNO2/c10-9-8(13)5-4-7(11-9)3-1-2-6-12/h1,3-6,13H,2H2. The highest BCUT2D eigenvalue weighted by Gasteiger charge is 1.98. The summed E-state index contributed by atoms with van der Waals surface area (Å²) in [5.41, 5.74) is 0.615. The van der Waals surface area contributed by atoms with Gasteiger partial charge in [0.25, 0.3) is 0 Å². The molecule has 13 heavy (non-hydrogen) atoms. The van der Waals surface area contributed by atoms with Gasteiger partial charge in [-0.25, -0.2) is 4.98 Å². The van der Waals surface area contributed by atoms with Crippen molar-refractivity contribution in [2.75, 3.05) is 0 Å². The number of hydrogen-bond acceptors (Lipinski definition) is 3. The second-order valence-corrected chi connectivity index (χ2v) is 2.71. The van der Waals surface area contributed by atoms with Crippen LogP contribution in [0.1, 0.15) is 12.1 Å². The number of carbonyl (C=O) groups excluding carboxylic acids is 1. The van der Waals surface area contributed by atoms with E-state index < -0.39 is 0 Å². The van der Waals surface area contributed by atoms with Crippen molar-refractivity contribution in [2.45, 2.75) is 6.42 Å². The maximum atomic E-state index is 9.98. The van der Waals surface area contributed by atoms with Gasteiger partial charge in [-0.3, -0.25) is 0 Å². The first-order valence-corrected chi connectivity index (χ1v) is 4.07. The lowest BCUT2D eigenvalue weighted by atomic mass is 10.3. The maximum Gasteiger partial charge on any atom is 0.171 e. The summed E-state index contributed by atoms with van der Waals surface area (Å²) in [7, 11) is 0. The Morgan fingerprint density at radius 2 is 2.31 bits per heavy atom. The predicted octanol–water partition coefficient (Wildman–Crippen LogP) is 2.04. The molecule has 0 aliphatic heterocycles. The van der Waals surface area contributed by atoms with Crippen molar-refractivity contribution >= 4 is 24.0 Å². The molecule has 0 saturated carbocycles. The molecule has 0 aliphatic rings. The van der Waals surface area contributed by atoms with Gasteiger partial charge in [-0.1, -0.05) is 17.7 Å². The molecule has 1 rings (SSSR count). The summed E-state index contributed by atoms with van der Waals surface area (Å²) in [5.74, 6) is -0.0470. The van der Waals surface area contributed by atoms with E-state index in [0.29, 0.717) is 12.1 Å². The van der Waals surface area contributed by atoms with Gasteiger partial charge in [-0.05, 0) is 18.2 Å². The summed E-state index contributed by atoms with van der Waals surface area (Å²) in [6.07, 6.45) is 4.47. The predicted molar refractivity (Wildman–Crippen MR) is 50.6 cm³/mol. The topological polar surface area (TPSA) is 50.2 Å². The van der Waals surface area contributed by atoms with E-state index in [1.807, 2.05) is 0 Å². The first-order chi connectivity index (χ1) is 6.24. The largest absolute Gasteiger partial charge is 0.505 e. The van der Waals surface area contributed by atoms with Gasteiger partial charge < -0.3 is 9.90 Å². The fourth-order valence-corrected chi connectivity index (χ4v) is 0.939. The number of rotatable bonds is 3. The number of aldehydes is 1. The van der Waals surface area contributed by atoms with Gasteiger partial charge in [-0.15, -0.1) is 0 Å². The summed E-state index contributed by atoms with van der Waals surface area (Å²) >= 11 is 5.56. The second kappa shape index (κ2) is 4.62. The molecule has 1 aromatic heterocycles. The van der Waals surface area contributed by atoms with E-state index in [2.05, 4.69) is 4.98 Å². The highest BCUT2D eigenvalue weighted by Crippen LogP contribution is 2.20. The molecule has 3 nitrogen and oxygen atoms in total. The van der Waals surface area contributed by atoms with Crippen LogP contribution in [0.25, 0.3) is 6.08 Å². The monoisotopic (exact) mass is 197 g/mol. The first-order valence-electron chi connectivity index (χ1n) is 3.69. The SMILES string of the molecule is O=CCC=Cc1ccc(O)c(Cl)n1. The van der Waals surface area contributed by atoms with Gasteiger partial charge in [0.1, 0.15) is 6.29 Å². The average molecular weight is 198 g/mol. The number of carbonyl (C=O) groups is 1. The molecule has 0 spiro atoms. The third kappa shape index (κ3) is 2.87. The number of allylic oxidation sites excluding steroid dienone is 1.